The molecule has 5 nitrogen and oxygen atoms in total. The number of benzene rings is 1. The van der Waals surface area contributed by atoms with Crippen LogP contribution in [0, 0.1) is 0 Å². The maximum absolute atomic E-state index is 11.4. The number of carboxylic acids is 1. The van der Waals surface area contributed by atoms with Gasteiger partial charge in [-0.3, -0.25) is 9.59 Å². The Bertz CT molecular complexity index is 428. The predicted molar refractivity (Wildman–Crippen MR) is 71.2 cm³/mol. The highest BCUT2D eigenvalue weighted by atomic mass is 16.5. The summed E-state index contributed by atoms with van der Waals surface area (Å²) in [6.45, 7) is 3.72. The molecule has 19 heavy (non-hydrogen) atoms. The Kier molecular flexibility index (Phi) is 5.85. The van der Waals surface area contributed by atoms with Gasteiger partial charge in [-0.15, -0.1) is 0 Å². The molecule has 0 aliphatic carbocycles. The molecule has 0 fully saturated rings. The smallest absolute Gasteiger partial charge is 0.325 e. The lowest BCUT2D eigenvalue weighted by Gasteiger charge is -2.10. The van der Waals surface area contributed by atoms with Gasteiger partial charge in [0.05, 0.1) is 13.0 Å². The Hall–Kier alpha value is -2.04. The van der Waals surface area contributed by atoms with Gasteiger partial charge in [0.15, 0.2) is 0 Å². The molecule has 104 valence electrons. The van der Waals surface area contributed by atoms with Crippen LogP contribution in [0.5, 0.6) is 5.75 Å². The van der Waals surface area contributed by atoms with Gasteiger partial charge in [-0.1, -0.05) is 19.1 Å². The van der Waals surface area contributed by atoms with Crippen LogP contribution in [0.4, 0.5) is 0 Å². The molecular weight excluding hydrogens is 246 g/mol. The van der Waals surface area contributed by atoms with Gasteiger partial charge in [0.2, 0.25) is 5.91 Å². The maximum Gasteiger partial charge on any atom is 0.325 e. The van der Waals surface area contributed by atoms with Crippen LogP contribution in [-0.4, -0.2) is 29.6 Å². The van der Waals surface area contributed by atoms with Gasteiger partial charge < -0.3 is 15.2 Å². The maximum atomic E-state index is 11.4. The second-order valence-electron chi connectivity index (χ2n) is 4.22. The summed E-state index contributed by atoms with van der Waals surface area (Å²) in [5.41, 5.74) is 1.22. The number of carboxylic acid groups (broad SMARTS) is 1. The highest BCUT2D eigenvalue weighted by Crippen LogP contribution is 2.12. The number of rotatable bonds is 7. The van der Waals surface area contributed by atoms with E-state index < -0.39 is 12.0 Å². The molecule has 0 aromatic heterocycles. The number of amides is 1. The minimum absolute atomic E-state index is 0.132. The summed E-state index contributed by atoms with van der Waals surface area (Å²) >= 11 is 0. The van der Waals surface area contributed by atoms with E-state index in [-0.39, 0.29) is 18.9 Å². The van der Waals surface area contributed by atoms with Crippen molar-refractivity contribution < 1.29 is 19.4 Å². The molecule has 1 aromatic carbocycles. The number of carbonyl (C=O) groups is 2. The van der Waals surface area contributed by atoms with Gasteiger partial charge in [-0.2, -0.15) is 0 Å². The van der Waals surface area contributed by atoms with Crippen molar-refractivity contribution in [3.63, 3.8) is 0 Å². The Morgan fingerprint density at radius 2 is 1.95 bits per heavy atom. The minimum atomic E-state index is -1.05. The van der Waals surface area contributed by atoms with Crippen molar-refractivity contribution in [2.45, 2.75) is 32.7 Å². The first-order valence-corrected chi connectivity index (χ1v) is 6.26. The number of hydrogen-bond acceptors (Lipinski definition) is 3. The van der Waals surface area contributed by atoms with Crippen LogP contribution in [0.3, 0.4) is 0 Å². The lowest BCUT2D eigenvalue weighted by atomic mass is 10.2. The average Bonchev–Trinajstić information content (AvgIpc) is 2.39. The van der Waals surface area contributed by atoms with Crippen molar-refractivity contribution in [1.29, 1.82) is 0 Å². The van der Waals surface area contributed by atoms with E-state index in [9.17, 15) is 9.59 Å². The molecule has 5 heteroatoms. The first-order chi connectivity index (χ1) is 9.02. The van der Waals surface area contributed by atoms with Crippen LogP contribution in [0.2, 0.25) is 0 Å². The van der Waals surface area contributed by atoms with Gasteiger partial charge in [-0.05, 0) is 31.0 Å². The van der Waals surface area contributed by atoms with Gasteiger partial charge in [0.1, 0.15) is 11.8 Å². The lowest BCUT2D eigenvalue weighted by molar-refractivity contribution is -0.141. The van der Waals surface area contributed by atoms with Gasteiger partial charge in [0, 0.05) is 0 Å². The van der Waals surface area contributed by atoms with E-state index in [2.05, 4.69) is 12.2 Å². The summed E-state index contributed by atoms with van der Waals surface area (Å²) in [7, 11) is 0. The van der Waals surface area contributed by atoms with Crippen LogP contribution in [0.15, 0.2) is 24.3 Å². The van der Waals surface area contributed by atoms with Crippen molar-refractivity contribution in [3.8, 4) is 5.75 Å². The topological polar surface area (TPSA) is 75.6 Å². The molecule has 2 N–H and O–H groups in total. The molecule has 0 heterocycles. The van der Waals surface area contributed by atoms with Crippen molar-refractivity contribution in [3.05, 3.63) is 29.8 Å². The van der Waals surface area contributed by atoms with Crippen LogP contribution in [0.25, 0.3) is 0 Å². The Morgan fingerprint density at radius 1 is 1.32 bits per heavy atom. The number of aliphatic carboxylic acids is 1. The van der Waals surface area contributed by atoms with E-state index in [0.29, 0.717) is 5.75 Å². The zero-order valence-electron chi connectivity index (χ0n) is 11.2. The number of nitrogens with one attached hydrogen (secondary N) is 1. The fourth-order valence-corrected chi connectivity index (χ4v) is 1.46. The second-order valence-corrected chi connectivity index (χ2v) is 4.22. The van der Waals surface area contributed by atoms with E-state index in [1.165, 1.54) is 12.5 Å². The van der Waals surface area contributed by atoms with Crippen molar-refractivity contribution in [2.24, 2.45) is 0 Å². The third-order valence-electron chi connectivity index (χ3n) is 2.68. The molecule has 1 rings (SSSR count). The summed E-state index contributed by atoms with van der Waals surface area (Å²) in [6.07, 6.45) is 1.10. The molecule has 0 spiro atoms. The Labute approximate surface area is 112 Å². The lowest BCUT2D eigenvalue weighted by Crippen LogP contribution is -2.38. The van der Waals surface area contributed by atoms with E-state index in [4.69, 9.17) is 9.84 Å². The molecule has 0 aliphatic rings. The van der Waals surface area contributed by atoms with Crippen molar-refractivity contribution in [2.75, 3.05) is 6.61 Å². The fourth-order valence-electron chi connectivity index (χ4n) is 1.46. The molecule has 0 bridgehead atoms. The van der Waals surface area contributed by atoms with Crippen LogP contribution >= 0.6 is 0 Å². The highest BCUT2D eigenvalue weighted by Gasteiger charge is 2.13. The SMILES string of the molecule is CCc1ccc(OCCC(=O)N[C@@H](C)C(=O)O)cc1. The summed E-state index contributed by atoms with van der Waals surface area (Å²) in [5, 5.41) is 11.0. The third kappa shape index (κ3) is 5.42. The Morgan fingerprint density at radius 3 is 2.47 bits per heavy atom. The van der Waals surface area contributed by atoms with E-state index >= 15 is 0 Å². The van der Waals surface area contributed by atoms with Crippen LogP contribution in [0.1, 0.15) is 25.8 Å². The Balaban J connectivity index is 2.29. The normalized spacial score (nSPS) is 11.7. The monoisotopic (exact) mass is 265 g/mol. The molecule has 0 unspecified atom stereocenters. The van der Waals surface area contributed by atoms with Crippen molar-refractivity contribution in [1.82, 2.24) is 5.32 Å². The van der Waals surface area contributed by atoms with Crippen molar-refractivity contribution >= 4 is 11.9 Å². The standard InChI is InChI=1S/C14H19NO4/c1-3-11-4-6-12(7-5-11)19-9-8-13(16)15-10(2)14(17)18/h4-7,10H,3,8-9H2,1-2H3,(H,15,16)(H,17,18)/t10-/m0/s1. The summed E-state index contributed by atoms with van der Waals surface area (Å²) in [6, 6.07) is 6.79. The first-order valence-electron chi connectivity index (χ1n) is 6.26. The van der Waals surface area contributed by atoms with Gasteiger partial charge >= 0.3 is 5.97 Å². The molecule has 0 radical (unpaired) electrons. The van der Waals surface area contributed by atoms with Crippen LogP contribution in [-0.2, 0) is 16.0 Å². The quantitative estimate of drug-likeness (QED) is 0.785. The molecular formula is C14H19NO4. The van der Waals surface area contributed by atoms with E-state index in [1.807, 2.05) is 24.3 Å². The largest absolute Gasteiger partial charge is 0.493 e. The number of aryl methyl sites for hydroxylation is 1. The first kappa shape index (κ1) is 15.0. The zero-order chi connectivity index (χ0) is 14.3. The van der Waals surface area contributed by atoms with E-state index in [1.54, 1.807) is 0 Å². The number of ether oxygens (including phenoxy) is 1. The minimum Gasteiger partial charge on any atom is -0.493 e. The fraction of sp³-hybridized carbons (Fsp3) is 0.429. The number of hydrogen-bond donors (Lipinski definition) is 2. The van der Waals surface area contributed by atoms with Gasteiger partial charge in [-0.25, -0.2) is 0 Å². The molecule has 0 saturated heterocycles. The third-order valence-corrected chi connectivity index (χ3v) is 2.68. The molecule has 1 atom stereocenters. The highest BCUT2D eigenvalue weighted by molar-refractivity contribution is 5.83. The summed E-state index contributed by atoms with van der Waals surface area (Å²) in [4.78, 5) is 21.9. The molecule has 0 saturated carbocycles. The van der Waals surface area contributed by atoms with E-state index in [0.717, 1.165) is 6.42 Å². The summed E-state index contributed by atoms with van der Waals surface area (Å²) in [5.74, 6) is -0.680. The number of carbonyl (C=O) groups excluding carboxylic acids is 1. The average molecular weight is 265 g/mol. The predicted octanol–water partition coefficient (Wildman–Crippen LogP) is 1.61. The molecule has 0 aliphatic heterocycles. The second kappa shape index (κ2) is 7.41. The van der Waals surface area contributed by atoms with Gasteiger partial charge in [0.25, 0.3) is 0 Å². The van der Waals surface area contributed by atoms with Crippen LogP contribution < -0.4 is 10.1 Å². The molecule has 1 aromatic rings. The zero-order valence-corrected chi connectivity index (χ0v) is 11.2. The summed E-state index contributed by atoms with van der Waals surface area (Å²) < 4.78 is 5.41. The molecule has 1 amide bonds.